The SMILES string of the molecule is O=C1NN(c2ccccc2)C(=O)C1=Cc1ccccc1[N+](=O)[O-]. The van der Waals surface area contributed by atoms with Gasteiger partial charge < -0.3 is 0 Å². The van der Waals surface area contributed by atoms with Crippen LogP contribution in [0.3, 0.4) is 0 Å². The highest BCUT2D eigenvalue weighted by Gasteiger charge is 2.34. The van der Waals surface area contributed by atoms with Crippen LogP contribution in [0.2, 0.25) is 0 Å². The molecule has 0 atom stereocenters. The van der Waals surface area contributed by atoms with E-state index in [1.807, 2.05) is 0 Å². The summed E-state index contributed by atoms with van der Waals surface area (Å²) >= 11 is 0. The number of hydrazine groups is 1. The summed E-state index contributed by atoms with van der Waals surface area (Å²) in [5.74, 6) is -1.16. The first-order valence-electron chi connectivity index (χ1n) is 6.73. The van der Waals surface area contributed by atoms with Crippen LogP contribution in [0.15, 0.2) is 60.2 Å². The number of carbonyl (C=O) groups is 2. The highest BCUT2D eigenvalue weighted by atomic mass is 16.6. The van der Waals surface area contributed by atoms with E-state index in [0.29, 0.717) is 5.69 Å². The molecular weight excluding hydrogens is 298 g/mol. The number of nitrogens with one attached hydrogen (secondary N) is 1. The second kappa shape index (κ2) is 5.72. The summed E-state index contributed by atoms with van der Waals surface area (Å²) in [4.78, 5) is 34.9. The van der Waals surface area contributed by atoms with Crippen LogP contribution >= 0.6 is 0 Å². The molecule has 23 heavy (non-hydrogen) atoms. The van der Waals surface area contributed by atoms with Gasteiger partial charge in [-0.3, -0.25) is 25.1 Å². The Labute approximate surface area is 131 Å². The Balaban J connectivity index is 2.00. The van der Waals surface area contributed by atoms with E-state index in [0.717, 1.165) is 5.01 Å². The molecule has 2 amide bonds. The normalized spacial score (nSPS) is 15.8. The summed E-state index contributed by atoms with van der Waals surface area (Å²) < 4.78 is 0. The molecule has 2 aromatic rings. The molecule has 3 rings (SSSR count). The Morgan fingerprint density at radius 3 is 2.35 bits per heavy atom. The van der Waals surface area contributed by atoms with Crippen molar-refractivity contribution in [2.45, 2.75) is 0 Å². The van der Waals surface area contributed by atoms with E-state index in [4.69, 9.17) is 0 Å². The number of amides is 2. The highest BCUT2D eigenvalue weighted by molar-refractivity contribution is 6.31. The van der Waals surface area contributed by atoms with Gasteiger partial charge in [-0.2, -0.15) is 0 Å². The zero-order chi connectivity index (χ0) is 16.4. The number of hydrogen-bond acceptors (Lipinski definition) is 4. The van der Waals surface area contributed by atoms with Crippen molar-refractivity contribution < 1.29 is 14.5 Å². The first-order valence-corrected chi connectivity index (χ1v) is 6.73. The van der Waals surface area contributed by atoms with E-state index in [-0.39, 0.29) is 16.8 Å². The number of hydrogen-bond donors (Lipinski definition) is 1. The number of rotatable bonds is 3. The molecule has 0 unspecified atom stereocenters. The lowest BCUT2D eigenvalue weighted by atomic mass is 10.1. The molecule has 0 aliphatic carbocycles. The molecule has 1 aliphatic rings. The van der Waals surface area contributed by atoms with Crippen molar-refractivity contribution >= 4 is 29.3 Å². The maximum Gasteiger partial charge on any atom is 0.282 e. The van der Waals surface area contributed by atoms with E-state index in [9.17, 15) is 19.7 Å². The standard InChI is InChI=1S/C16H11N3O4/c20-15-13(10-11-6-4-5-9-14(11)19(22)23)16(21)18(17-15)12-7-2-1-3-8-12/h1-10H,(H,17,20). The number of anilines is 1. The average molecular weight is 309 g/mol. The third-order valence-corrected chi connectivity index (χ3v) is 3.34. The van der Waals surface area contributed by atoms with Gasteiger partial charge in [0, 0.05) is 6.07 Å². The molecule has 1 aliphatic heterocycles. The Bertz CT molecular complexity index is 830. The van der Waals surface area contributed by atoms with E-state index in [1.54, 1.807) is 36.4 Å². The molecular formula is C16H11N3O4. The van der Waals surface area contributed by atoms with Crippen LogP contribution in [0.1, 0.15) is 5.56 Å². The van der Waals surface area contributed by atoms with E-state index in [2.05, 4.69) is 5.43 Å². The van der Waals surface area contributed by atoms with Gasteiger partial charge in [0.05, 0.1) is 16.2 Å². The third kappa shape index (κ3) is 2.67. The summed E-state index contributed by atoms with van der Waals surface area (Å²) in [6.45, 7) is 0. The molecule has 0 spiro atoms. The lowest BCUT2D eigenvalue weighted by Crippen LogP contribution is -2.35. The Kier molecular flexibility index (Phi) is 3.60. The van der Waals surface area contributed by atoms with Crippen molar-refractivity contribution in [3.05, 3.63) is 75.8 Å². The van der Waals surface area contributed by atoms with Crippen LogP contribution < -0.4 is 10.4 Å². The number of benzene rings is 2. The van der Waals surface area contributed by atoms with Crippen LogP contribution in [0.4, 0.5) is 11.4 Å². The second-order valence-electron chi connectivity index (χ2n) is 4.79. The fourth-order valence-electron chi connectivity index (χ4n) is 2.25. The first kappa shape index (κ1) is 14.5. The van der Waals surface area contributed by atoms with Crippen LogP contribution in [-0.4, -0.2) is 16.7 Å². The van der Waals surface area contributed by atoms with Gasteiger partial charge >= 0.3 is 0 Å². The molecule has 1 N–H and O–H groups in total. The number of nitrogens with zero attached hydrogens (tertiary/aromatic N) is 2. The molecule has 1 saturated heterocycles. The third-order valence-electron chi connectivity index (χ3n) is 3.34. The molecule has 1 fully saturated rings. The maximum absolute atomic E-state index is 12.4. The number of para-hydroxylation sites is 2. The minimum Gasteiger partial charge on any atom is -0.267 e. The van der Waals surface area contributed by atoms with Gasteiger partial charge in [0.15, 0.2) is 0 Å². The molecule has 2 aromatic carbocycles. The van der Waals surface area contributed by atoms with Gasteiger partial charge in [-0.25, -0.2) is 5.01 Å². The van der Waals surface area contributed by atoms with Crippen molar-refractivity contribution in [2.24, 2.45) is 0 Å². The maximum atomic E-state index is 12.4. The smallest absolute Gasteiger partial charge is 0.267 e. The first-order chi connectivity index (χ1) is 11.1. The molecule has 0 bridgehead atoms. The molecule has 0 radical (unpaired) electrons. The fourth-order valence-corrected chi connectivity index (χ4v) is 2.25. The van der Waals surface area contributed by atoms with Crippen molar-refractivity contribution in [2.75, 3.05) is 5.01 Å². The lowest BCUT2D eigenvalue weighted by molar-refractivity contribution is -0.385. The van der Waals surface area contributed by atoms with Gasteiger partial charge in [-0.05, 0) is 24.3 Å². The van der Waals surface area contributed by atoms with Gasteiger partial charge in [-0.15, -0.1) is 0 Å². The van der Waals surface area contributed by atoms with Crippen LogP contribution in [0, 0.1) is 10.1 Å². The molecule has 7 heteroatoms. The summed E-state index contributed by atoms with van der Waals surface area (Å²) in [6.07, 6.45) is 1.23. The number of carbonyl (C=O) groups excluding carboxylic acids is 2. The minimum atomic E-state index is -0.600. The quantitative estimate of drug-likeness (QED) is 0.406. The van der Waals surface area contributed by atoms with Gasteiger partial charge in [0.1, 0.15) is 5.57 Å². The van der Waals surface area contributed by atoms with Crippen molar-refractivity contribution in [1.29, 1.82) is 0 Å². The number of nitro benzene ring substituents is 1. The molecule has 0 aromatic heterocycles. The van der Waals surface area contributed by atoms with Crippen LogP contribution in [-0.2, 0) is 9.59 Å². The predicted molar refractivity (Wildman–Crippen MR) is 83.1 cm³/mol. The Hall–Kier alpha value is -3.48. The highest BCUT2D eigenvalue weighted by Crippen LogP contribution is 2.24. The predicted octanol–water partition coefficient (Wildman–Crippen LogP) is 2.06. The van der Waals surface area contributed by atoms with E-state index in [1.165, 1.54) is 24.3 Å². The molecule has 114 valence electrons. The topological polar surface area (TPSA) is 92.6 Å². The average Bonchev–Trinajstić information content (AvgIpc) is 2.84. The Morgan fingerprint density at radius 1 is 1.00 bits per heavy atom. The van der Waals surface area contributed by atoms with Gasteiger partial charge in [0.25, 0.3) is 17.5 Å². The van der Waals surface area contributed by atoms with Crippen molar-refractivity contribution in [3.8, 4) is 0 Å². The zero-order valence-electron chi connectivity index (χ0n) is 11.8. The van der Waals surface area contributed by atoms with Gasteiger partial charge in [-0.1, -0.05) is 30.3 Å². The molecule has 7 nitrogen and oxygen atoms in total. The summed E-state index contributed by atoms with van der Waals surface area (Å²) in [7, 11) is 0. The van der Waals surface area contributed by atoms with E-state index < -0.39 is 16.7 Å². The van der Waals surface area contributed by atoms with Crippen molar-refractivity contribution in [1.82, 2.24) is 5.43 Å². The number of nitro groups is 1. The second-order valence-corrected chi connectivity index (χ2v) is 4.79. The summed E-state index contributed by atoms with van der Waals surface area (Å²) in [6, 6.07) is 14.5. The lowest BCUT2D eigenvalue weighted by Gasteiger charge is -2.13. The van der Waals surface area contributed by atoms with Crippen LogP contribution in [0.5, 0.6) is 0 Å². The summed E-state index contributed by atoms with van der Waals surface area (Å²) in [5.41, 5.74) is 2.84. The van der Waals surface area contributed by atoms with Crippen molar-refractivity contribution in [3.63, 3.8) is 0 Å². The summed E-state index contributed by atoms with van der Waals surface area (Å²) in [5, 5.41) is 12.1. The largest absolute Gasteiger partial charge is 0.282 e. The van der Waals surface area contributed by atoms with Crippen LogP contribution in [0.25, 0.3) is 6.08 Å². The van der Waals surface area contributed by atoms with Gasteiger partial charge in [0.2, 0.25) is 0 Å². The van der Waals surface area contributed by atoms with E-state index >= 15 is 0 Å². The Morgan fingerprint density at radius 2 is 1.65 bits per heavy atom. The minimum absolute atomic E-state index is 0.150. The molecule has 1 heterocycles. The molecule has 0 saturated carbocycles. The fraction of sp³-hybridized carbons (Fsp3) is 0. The zero-order valence-corrected chi connectivity index (χ0v) is 11.8. The monoisotopic (exact) mass is 309 g/mol.